The lowest BCUT2D eigenvalue weighted by molar-refractivity contribution is 0.0697. The van der Waals surface area contributed by atoms with Gasteiger partial charge in [0.2, 0.25) is 0 Å². The Labute approximate surface area is 106 Å². The second-order valence-electron chi connectivity index (χ2n) is 4.13. The number of hydrogen-bond donors (Lipinski definition) is 2. The van der Waals surface area contributed by atoms with E-state index < -0.39 is 5.97 Å². The van der Waals surface area contributed by atoms with Crippen LogP contribution in [0.3, 0.4) is 0 Å². The summed E-state index contributed by atoms with van der Waals surface area (Å²) in [7, 11) is 1.66. The molecule has 0 aliphatic rings. The van der Waals surface area contributed by atoms with Crippen molar-refractivity contribution in [2.24, 2.45) is 0 Å². The normalized spacial score (nSPS) is 9.67. The van der Waals surface area contributed by atoms with Crippen LogP contribution < -0.4 is 5.32 Å². The summed E-state index contributed by atoms with van der Waals surface area (Å²) in [6.45, 7) is 6.04. The number of urea groups is 1. The SMILES string of the molecule is C=C(C)CN(C)C(=O)Nc1ccc(C(=O)O)cc1. The second-order valence-corrected chi connectivity index (χ2v) is 4.13. The van der Waals surface area contributed by atoms with Crippen molar-refractivity contribution in [3.63, 3.8) is 0 Å². The number of nitrogens with one attached hydrogen (secondary N) is 1. The first-order chi connectivity index (χ1) is 8.40. The number of carboxylic acids is 1. The quantitative estimate of drug-likeness (QED) is 0.804. The number of amides is 2. The Morgan fingerprint density at radius 3 is 2.33 bits per heavy atom. The van der Waals surface area contributed by atoms with E-state index in [1.54, 1.807) is 19.2 Å². The molecule has 5 nitrogen and oxygen atoms in total. The molecule has 0 atom stereocenters. The minimum absolute atomic E-state index is 0.184. The van der Waals surface area contributed by atoms with Crippen molar-refractivity contribution < 1.29 is 14.7 Å². The van der Waals surface area contributed by atoms with Gasteiger partial charge in [-0.1, -0.05) is 12.2 Å². The number of hydrogen-bond acceptors (Lipinski definition) is 2. The molecule has 0 saturated heterocycles. The Bertz CT molecular complexity index is 466. The molecule has 96 valence electrons. The van der Waals surface area contributed by atoms with Crippen LogP contribution in [-0.4, -0.2) is 35.6 Å². The third-order valence-electron chi connectivity index (χ3n) is 2.24. The molecule has 18 heavy (non-hydrogen) atoms. The fraction of sp³-hybridized carbons (Fsp3) is 0.231. The number of nitrogens with zero attached hydrogens (tertiary/aromatic N) is 1. The van der Waals surface area contributed by atoms with Crippen LogP contribution in [-0.2, 0) is 0 Å². The van der Waals surface area contributed by atoms with Gasteiger partial charge in [0.05, 0.1) is 5.56 Å². The molecule has 0 heterocycles. The Morgan fingerprint density at radius 2 is 1.89 bits per heavy atom. The minimum atomic E-state index is -0.993. The highest BCUT2D eigenvalue weighted by atomic mass is 16.4. The zero-order valence-corrected chi connectivity index (χ0v) is 10.4. The standard InChI is InChI=1S/C13H16N2O3/c1-9(2)8-15(3)13(18)14-11-6-4-10(5-7-11)12(16)17/h4-7H,1,8H2,2-3H3,(H,14,18)(H,16,17). The van der Waals surface area contributed by atoms with E-state index >= 15 is 0 Å². The molecule has 0 bridgehead atoms. The van der Waals surface area contributed by atoms with Crippen LogP contribution in [0.4, 0.5) is 10.5 Å². The number of rotatable bonds is 4. The number of likely N-dealkylation sites (N-methyl/N-ethyl adjacent to an activating group) is 1. The van der Waals surface area contributed by atoms with Crippen molar-refractivity contribution >= 4 is 17.7 Å². The van der Waals surface area contributed by atoms with Gasteiger partial charge in [0.15, 0.2) is 0 Å². The summed E-state index contributed by atoms with van der Waals surface area (Å²) in [6, 6.07) is 5.72. The van der Waals surface area contributed by atoms with Crippen LogP contribution in [0.15, 0.2) is 36.4 Å². The Balaban J connectivity index is 2.64. The third kappa shape index (κ3) is 3.93. The predicted octanol–water partition coefficient (Wildman–Crippen LogP) is 2.42. The van der Waals surface area contributed by atoms with E-state index in [1.807, 2.05) is 6.92 Å². The fourth-order valence-corrected chi connectivity index (χ4v) is 1.39. The summed E-state index contributed by atoms with van der Waals surface area (Å²) in [5.41, 5.74) is 1.62. The average Bonchev–Trinajstić information content (AvgIpc) is 2.28. The highest BCUT2D eigenvalue weighted by molar-refractivity contribution is 5.91. The smallest absolute Gasteiger partial charge is 0.335 e. The highest BCUT2D eigenvalue weighted by Crippen LogP contribution is 2.10. The predicted molar refractivity (Wildman–Crippen MR) is 69.9 cm³/mol. The first-order valence-corrected chi connectivity index (χ1v) is 5.40. The second kappa shape index (κ2) is 5.86. The van der Waals surface area contributed by atoms with Crippen LogP contribution >= 0.6 is 0 Å². The number of carbonyl (C=O) groups excluding carboxylic acids is 1. The number of carboxylic acid groups (broad SMARTS) is 1. The van der Waals surface area contributed by atoms with E-state index in [4.69, 9.17) is 5.11 Å². The molecule has 0 radical (unpaired) electrons. The summed E-state index contributed by atoms with van der Waals surface area (Å²) < 4.78 is 0. The summed E-state index contributed by atoms with van der Waals surface area (Å²) in [6.07, 6.45) is 0. The molecule has 2 N–H and O–H groups in total. The third-order valence-corrected chi connectivity index (χ3v) is 2.24. The monoisotopic (exact) mass is 248 g/mol. The van der Waals surface area contributed by atoms with Gasteiger partial charge >= 0.3 is 12.0 Å². The van der Waals surface area contributed by atoms with Crippen molar-refractivity contribution in [2.45, 2.75) is 6.92 Å². The van der Waals surface area contributed by atoms with Crippen molar-refractivity contribution in [3.8, 4) is 0 Å². The molecule has 0 aliphatic carbocycles. The largest absolute Gasteiger partial charge is 0.478 e. The van der Waals surface area contributed by atoms with Crippen molar-refractivity contribution in [1.29, 1.82) is 0 Å². The van der Waals surface area contributed by atoms with Gasteiger partial charge in [-0.05, 0) is 31.2 Å². The lowest BCUT2D eigenvalue weighted by Crippen LogP contribution is -2.32. The molecule has 0 aromatic heterocycles. The molecule has 0 spiro atoms. The average molecular weight is 248 g/mol. The van der Waals surface area contributed by atoms with Crippen molar-refractivity contribution in [1.82, 2.24) is 4.90 Å². The number of anilines is 1. The molecule has 5 heteroatoms. The molecule has 0 aliphatic heterocycles. The summed E-state index contributed by atoms with van der Waals surface area (Å²) in [5, 5.41) is 11.4. The molecular formula is C13H16N2O3. The maximum absolute atomic E-state index is 11.7. The maximum Gasteiger partial charge on any atom is 0.335 e. The zero-order valence-electron chi connectivity index (χ0n) is 10.4. The lowest BCUT2D eigenvalue weighted by Gasteiger charge is -2.17. The first kappa shape index (κ1) is 13.8. The summed E-state index contributed by atoms with van der Waals surface area (Å²) >= 11 is 0. The van der Waals surface area contributed by atoms with Gasteiger partial charge in [-0.25, -0.2) is 9.59 Å². The van der Waals surface area contributed by atoms with Crippen LogP contribution in [0.1, 0.15) is 17.3 Å². The summed E-state index contributed by atoms with van der Waals surface area (Å²) in [5.74, 6) is -0.993. The van der Waals surface area contributed by atoms with Crippen molar-refractivity contribution in [2.75, 3.05) is 18.9 Å². The van der Waals surface area contributed by atoms with Gasteiger partial charge in [0.25, 0.3) is 0 Å². The molecule has 0 saturated carbocycles. The Morgan fingerprint density at radius 1 is 1.33 bits per heavy atom. The van der Waals surface area contributed by atoms with E-state index in [0.717, 1.165) is 5.57 Å². The molecule has 2 amide bonds. The van der Waals surface area contributed by atoms with Gasteiger partial charge < -0.3 is 15.3 Å². The minimum Gasteiger partial charge on any atom is -0.478 e. The van der Waals surface area contributed by atoms with Crippen LogP contribution in [0, 0.1) is 0 Å². The molecule has 1 aromatic carbocycles. The zero-order chi connectivity index (χ0) is 13.7. The Hall–Kier alpha value is -2.30. The van der Waals surface area contributed by atoms with Gasteiger partial charge in [-0.2, -0.15) is 0 Å². The van der Waals surface area contributed by atoms with Crippen LogP contribution in [0.25, 0.3) is 0 Å². The number of benzene rings is 1. The number of carbonyl (C=O) groups is 2. The molecule has 1 rings (SSSR count). The van der Waals surface area contributed by atoms with Gasteiger partial charge in [0, 0.05) is 19.3 Å². The molecular weight excluding hydrogens is 232 g/mol. The fourth-order valence-electron chi connectivity index (χ4n) is 1.39. The van der Waals surface area contributed by atoms with E-state index in [9.17, 15) is 9.59 Å². The first-order valence-electron chi connectivity index (χ1n) is 5.40. The topological polar surface area (TPSA) is 69.6 Å². The van der Waals surface area contributed by atoms with E-state index in [-0.39, 0.29) is 11.6 Å². The van der Waals surface area contributed by atoms with Gasteiger partial charge in [-0.3, -0.25) is 0 Å². The van der Waals surface area contributed by atoms with E-state index in [2.05, 4.69) is 11.9 Å². The lowest BCUT2D eigenvalue weighted by atomic mass is 10.2. The Kier molecular flexibility index (Phi) is 4.48. The highest BCUT2D eigenvalue weighted by Gasteiger charge is 2.09. The van der Waals surface area contributed by atoms with Gasteiger partial charge in [0.1, 0.15) is 0 Å². The summed E-state index contributed by atoms with van der Waals surface area (Å²) in [4.78, 5) is 23.9. The molecule has 0 fully saturated rings. The maximum atomic E-state index is 11.7. The van der Waals surface area contributed by atoms with E-state index in [1.165, 1.54) is 17.0 Å². The molecule has 1 aromatic rings. The van der Waals surface area contributed by atoms with Crippen LogP contribution in [0.5, 0.6) is 0 Å². The molecule has 0 unspecified atom stereocenters. The number of aromatic carboxylic acids is 1. The van der Waals surface area contributed by atoms with Crippen molar-refractivity contribution in [3.05, 3.63) is 42.0 Å². The van der Waals surface area contributed by atoms with E-state index in [0.29, 0.717) is 12.2 Å². The van der Waals surface area contributed by atoms with Gasteiger partial charge in [-0.15, -0.1) is 0 Å². The van der Waals surface area contributed by atoms with Crippen LogP contribution in [0.2, 0.25) is 0 Å².